The van der Waals surface area contributed by atoms with E-state index in [-0.39, 0.29) is 41.3 Å². The molecule has 6 rings (SSSR count). The number of benzene rings is 2. The Morgan fingerprint density at radius 2 is 1.78 bits per heavy atom. The van der Waals surface area contributed by atoms with Gasteiger partial charge in [-0.1, -0.05) is 58.4 Å². The number of phenols is 1. The molecule has 2 aliphatic carbocycles. The number of amides is 4. The van der Waals surface area contributed by atoms with Crippen molar-refractivity contribution in [2.45, 2.75) is 28.5 Å². The Kier molecular flexibility index (Phi) is 6.63. The third-order valence-electron chi connectivity index (χ3n) is 8.95. The predicted molar refractivity (Wildman–Crippen MR) is 157 cm³/mol. The number of hydrogen-bond donors (Lipinski definition) is 1. The SMILES string of the molecule is C=Cc1ccc(N2C(=O)C3CC=C4C(CC5(Cl)C(=O)N(CBr)C(=O)C5(Cl)C4c4c(O)cccc4OC)C3C2=O)cc1. The lowest BCUT2D eigenvalue weighted by Gasteiger charge is -2.50. The van der Waals surface area contributed by atoms with Gasteiger partial charge in [-0.15, -0.1) is 23.2 Å². The van der Waals surface area contributed by atoms with Gasteiger partial charge in [0.2, 0.25) is 11.8 Å². The molecule has 11 heteroatoms. The smallest absolute Gasteiger partial charge is 0.254 e. The summed E-state index contributed by atoms with van der Waals surface area (Å²) in [7, 11) is 1.42. The van der Waals surface area contributed by atoms with Gasteiger partial charge in [-0.2, -0.15) is 0 Å². The number of likely N-dealkylation sites (tertiary alicyclic amines) is 1. The second-order valence-electron chi connectivity index (χ2n) is 10.7. The van der Waals surface area contributed by atoms with Crippen LogP contribution in [-0.4, -0.2) is 55.9 Å². The number of hydrogen-bond acceptors (Lipinski definition) is 6. The molecular formula is C30H25BrCl2N2O6. The molecule has 0 radical (unpaired) electrons. The van der Waals surface area contributed by atoms with Crippen molar-refractivity contribution >= 4 is 74.5 Å². The summed E-state index contributed by atoms with van der Waals surface area (Å²) in [6.07, 6.45) is 3.54. The summed E-state index contributed by atoms with van der Waals surface area (Å²) in [5, 5.41) is 11.1. The first-order chi connectivity index (χ1) is 19.5. The topological polar surface area (TPSA) is 104 Å². The molecular weight excluding hydrogens is 635 g/mol. The molecule has 2 aromatic rings. The summed E-state index contributed by atoms with van der Waals surface area (Å²) in [6.45, 7) is 3.74. The van der Waals surface area contributed by atoms with E-state index in [1.54, 1.807) is 42.5 Å². The standard InChI is InChI=1S/C30H25BrCl2N2O6/c1-3-15-7-9-16(10-8-15)35-25(37)18-12-11-17-19(22(18)26(35)38)13-29(32)27(39)34(14-31)28(40)30(29,33)24(17)23-20(36)5-4-6-21(23)41-2/h3-11,18-19,22,24,36H,1,12-14H2,2H3. The van der Waals surface area contributed by atoms with Crippen molar-refractivity contribution in [2.24, 2.45) is 17.8 Å². The summed E-state index contributed by atoms with van der Waals surface area (Å²) < 4.78 is 5.58. The monoisotopic (exact) mass is 658 g/mol. The maximum absolute atomic E-state index is 14.1. The van der Waals surface area contributed by atoms with Crippen molar-refractivity contribution in [1.29, 1.82) is 0 Å². The van der Waals surface area contributed by atoms with Crippen molar-refractivity contribution in [3.05, 3.63) is 71.8 Å². The highest BCUT2D eigenvalue weighted by Gasteiger charge is 2.76. The van der Waals surface area contributed by atoms with Crippen molar-refractivity contribution in [2.75, 3.05) is 17.5 Å². The van der Waals surface area contributed by atoms with E-state index in [1.807, 2.05) is 6.08 Å². The Hall–Kier alpha value is -3.14. The van der Waals surface area contributed by atoms with E-state index in [2.05, 4.69) is 22.5 Å². The number of imide groups is 2. The maximum atomic E-state index is 14.1. The Balaban J connectivity index is 1.54. The molecule has 3 fully saturated rings. The molecule has 6 atom stereocenters. The number of methoxy groups -OCH3 is 1. The Morgan fingerprint density at radius 3 is 2.41 bits per heavy atom. The number of nitrogens with zero attached hydrogens (tertiary/aromatic N) is 2. The third-order valence-corrected chi connectivity index (χ3v) is 10.9. The minimum Gasteiger partial charge on any atom is -0.508 e. The highest BCUT2D eigenvalue weighted by molar-refractivity contribution is 9.09. The highest BCUT2D eigenvalue weighted by atomic mass is 79.9. The van der Waals surface area contributed by atoms with E-state index >= 15 is 0 Å². The summed E-state index contributed by atoms with van der Waals surface area (Å²) in [6, 6.07) is 11.5. The highest BCUT2D eigenvalue weighted by Crippen LogP contribution is 2.67. The van der Waals surface area contributed by atoms with Crippen LogP contribution in [0, 0.1) is 17.8 Å². The summed E-state index contributed by atoms with van der Waals surface area (Å²) in [5.41, 5.74) is 1.89. The molecule has 41 heavy (non-hydrogen) atoms. The Morgan fingerprint density at radius 1 is 1.07 bits per heavy atom. The second-order valence-corrected chi connectivity index (χ2v) is 12.4. The average molecular weight is 660 g/mol. The number of halogens is 3. The first-order valence-corrected chi connectivity index (χ1v) is 14.9. The fourth-order valence-electron chi connectivity index (χ4n) is 7.08. The number of alkyl halides is 3. The number of anilines is 1. The lowest BCUT2D eigenvalue weighted by molar-refractivity contribution is -0.138. The van der Waals surface area contributed by atoms with Crippen LogP contribution >= 0.6 is 39.1 Å². The van der Waals surface area contributed by atoms with E-state index in [9.17, 15) is 24.3 Å². The number of fused-ring (bicyclic) bond motifs is 4. The van der Waals surface area contributed by atoms with Crippen molar-refractivity contribution < 1.29 is 29.0 Å². The molecule has 2 heterocycles. The fourth-order valence-corrected chi connectivity index (χ4v) is 8.49. The predicted octanol–water partition coefficient (Wildman–Crippen LogP) is 4.96. The molecule has 2 aliphatic heterocycles. The second kappa shape index (κ2) is 9.71. The molecule has 0 spiro atoms. The Labute approximate surface area is 254 Å². The van der Waals surface area contributed by atoms with Crippen LogP contribution in [0.4, 0.5) is 5.69 Å². The van der Waals surface area contributed by atoms with Gasteiger partial charge in [-0.3, -0.25) is 29.0 Å². The molecule has 1 saturated carbocycles. The van der Waals surface area contributed by atoms with Crippen molar-refractivity contribution in [3.63, 3.8) is 0 Å². The fraction of sp³-hybridized carbons (Fsp3) is 0.333. The van der Waals surface area contributed by atoms with Crippen LogP contribution in [0.3, 0.4) is 0 Å². The average Bonchev–Trinajstić information content (AvgIpc) is 3.31. The van der Waals surface area contributed by atoms with E-state index in [1.165, 1.54) is 18.1 Å². The van der Waals surface area contributed by atoms with Crippen molar-refractivity contribution in [1.82, 2.24) is 4.90 Å². The quantitative estimate of drug-likeness (QED) is 0.211. The minimum atomic E-state index is -2.04. The van der Waals surface area contributed by atoms with Gasteiger partial charge in [0.05, 0.1) is 30.1 Å². The normalized spacial score (nSPS) is 32.4. The number of ether oxygens (including phenoxy) is 1. The molecule has 2 saturated heterocycles. The molecule has 2 aromatic carbocycles. The number of phenolic OH excluding ortho intramolecular Hbond substituents is 1. The number of carbonyl (C=O) groups is 4. The molecule has 4 aliphatic rings. The van der Waals surface area contributed by atoms with Gasteiger partial charge in [0.15, 0.2) is 9.75 Å². The Bertz CT molecular complexity index is 1560. The van der Waals surface area contributed by atoms with Crippen molar-refractivity contribution in [3.8, 4) is 11.5 Å². The minimum absolute atomic E-state index is 0.139. The number of carbonyl (C=O) groups excluding carboxylic acids is 4. The molecule has 212 valence electrons. The zero-order valence-corrected chi connectivity index (χ0v) is 24.9. The molecule has 0 aromatic heterocycles. The molecule has 8 nitrogen and oxygen atoms in total. The van der Waals surface area contributed by atoms with Crippen LogP contribution < -0.4 is 9.64 Å². The molecule has 0 bridgehead atoms. The number of rotatable bonds is 5. The number of allylic oxidation sites excluding steroid dienone is 2. The van der Waals surface area contributed by atoms with Crippen LogP contribution in [-0.2, 0) is 19.2 Å². The summed E-state index contributed by atoms with van der Waals surface area (Å²) in [5.74, 6) is -5.52. The van der Waals surface area contributed by atoms with Crippen LogP contribution in [0.15, 0.2) is 60.7 Å². The maximum Gasteiger partial charge on any atom is 0.254 e. The van der Waals surface area contributed by atoms with E-state index in [0.717, 1.165) is 10.5 Å². The van der Waals surface area contributed by atoms with Gasteiger partial charge in [0, 0.05) is 11.5 Å². The van der Waals surface area contributed by atoms with Crippen LogP contribution in [0.5, 0.6) is 11.5 Å². The van der Waals surface area contributed by atoms with E-state index in [4.69, 9.17) is 27.9 Å². The third kappa shape index (κ3) is 3.58. The summed E-state index contributed by atoms with van der Waals surface area (Å²) >= 11 is 17.7. The van der Waals surface area contributed by atoms with Crippen LogP contribution in [0.1, 0.15) is 29.9 Å². The zero-order chi connectivity index (χ0) is 29.4. The van der Waals surface area contributed by atoms with E-state index in [0.29, 0.717) is 11.3 Å². The van der Waals surface area contributed by atoms with Crippen LogP contribution in [0.25, 0.3) is 6.08 Å². The van der Waals surface area contributed by atoms with Gasteiger partial charge < -0.3 is 9.84 Å². The molecule has 1 N–H and O–H groups in total. The van der Waals surface area contributed by atoms with E-state index < -0.39 is 51.1 Å². The lowest BCUT2D eigenvalue weighted by Crippen LogP contribution is -2.60. The largest absolute Gasteiger partial charge is 0.508 e. The van der Waals surface area contributed by atoms with Gasteiger partial charge in [-0.05, 0) is 48.6 Å². The van der Waals surface area contributed by atoms with Gasteiger partial charge in [-0.25, -0.2) is 0 Å². The number of aromatic hydroxyl groups is 1. The molecule has 6 unspecified atom stereocenters. The van der Waals surface area contributed by atoms with Crippen LogP contribution in [0.2, 0.25) is 0 Å². The molecule has 4 amide bonds. The first kappa shape index (κ1) is 28.0. The van der Waals surface area contributed by atoms with Gasteiger partial charge in [0.25, 0.3) is 11.8 Å². The zero-order valence-electron chi connectivity index (χ0n) is 21.9. The van der Waals surface area contributed by atoms with Gasteiger partial charge in [0.1, 0.15) is 11.5 Å². The lowest BCUT2D eigenvalue weighted by atomic mass is 9.56. The first-order valence-electron chi connectivity index (χ1n) is 13.0. The van der Waals surface area contributed by atoms with Gasteiger partial charge >= 0.3 is 0 Å². The summed E-state index contributed by atoms with van der Waals surface area (Å²) in [4.78, 5) is 53.5.